The third-order valence-electron chi connectivity index (χ3n) is 1.16. The summed E-state index contributed by atoms with van der Waals surface area (Å²) in [5.41, 5.74) is 5.47. The van der Waals surface area contributed by atoms with Crippen LogP contribution in [0.1, 0.15) is 5.69 Å². The molecule has 0 unspecified atom stereocenters. The summed E-state index contributed by atoms with van der Waals surface area (Å²) >= 11 is 11.3. The van der Waals surface area contributed by atoms with Crippen LogP contribution in [0.3, 0.4) is 0 Å². The highest BCUT2D eigenvalue weighted by Gasteiger charge is 2.06. The minimum Gasteiger partial charge on any atom is -0.409 e. The van der Waals surface area contributed by atoms with E-state index in [1.54, 1.807) is 0 Å². The molecule has 1 heterocycles. The van der Waals surface area contributed by atoms with Gasteiger partial charge in [0.1, 0.15) is 5.69 Å². The van der Waals surface area contributed by atoms with Gasteiger partial charge in [0.2, 0.25) is 0 Å². The summed E-state index contributed by atoms with van der Waals surface area (Å²) < 4.78 is 0. The smallest absolute Gasteiger partial charge is 0.190 e. The summed E-state index contributed by atoms with van der Waals surface area (Å²) in [5, 5.41) is 11.7. The zero-order chi connectivity index (χ0) is 9.14. The lowest BCUT2D eigenvalue weighted by Crippen LogP contribution is -2.15. The Morgan fingerprint density at radius 3 is 2.75 bits per heavy atom. The molecule has 4 nitrogen and oxygen atoms in total. The molecule has 0 radical (unpaired) electrons. The van der Waals surface area contributed by atoms with E-state index in [0.717, 1.165) is 0 Å². The van der Waals surface area contributed by atoms with E-state index in [4.69, 9.17) is 34.1 Å². The fourth-order valence-corrected chi connectivity index (χ4v) is 1.13. The largest absolute Gasteiger partial charge is 0.409 e. The molecule has 0 amide bonds. The summed E-state index contributed by atoms with van der Waals surface area (Å²) in [4.78, 5) is 3.77. The van der Waals surface area contributed by atoms with Crippen LogP contribution in [0.25, 0.3) is 0 Å². The second kappa shape index (κ2) is 3.60. The van der Waals surface area contributed by atoms with Crippen molar-refractivity contribution >= 4 is 29.0 Å². The molecule has 0 bridgehead atoms. The Labute approximate surface area is 78.6 Å². The summed E-state index contributed by atoms with van der Waals surface area (Å²) in [6.45, 7) is 0. The van der Waals surface area contributed by atoms with Crippen molar-refractivity contribution in [2.24, 2.45) is 10.9 Å². The molecule has 3 N–H and O–H groups in total. The predicted molar refractivity (Wildman–Crippen MR) is 46.8 cm³/mol. The number of rotatable bonds is 1. The number of pyridine rings is 1. The van der Waals surface area contributed by atoms with Gasteiger partial charge in [-0.25, -0.2) is 4.98 Å². The minimum atomic E-state index is -0.142. The first-order valence-corrected chi connectivity index (χ1v) is 3.69. The van der Waals surface area contributed by atoms with Gasteiger partial charge in [0, 0.05) is 6.20 Å². The van der Waals surface area contributed by atoms with Crippen LogP contribution < -0.4 is 5.73 Å². The quantitative estimate of drug-likeness (QED) is 0.316. The van der Waals surface area contributed by atoms with Crippen LogP contribution in [0, 0.1) is 0 Å². The Morgan fingerprint density at radius 1 is 1.58 bits per heavy atom. The lowest BCUT2D eigenvalue weighted by atomic mass is 10.3. The first kappa shape index (κ1) is 9.09. The average Bonchev–Trinajstić information content (AvgIpc) is 2.03. The zero-order valence-electron chi connectivity index (χ0n) is 5.83. The second-order valence-corrected chi connectivity index (χ2v) is 2.81. The second-order valence-electron chi connectivity index (χ2n) is 1.97. The van der Waals surface area contributed by atoms with Crippen molar-refractivity contribution in [2.45, 2.75) is 0 Å². The van der Waals surface area contributed by atoms with Gasteiger partial charge in [-0.2, -0.15) is 0 Å². The normalized spacial score (nSPS) is 11.7. The Hall–Kier alpha value is -1.000. The van der Waals surface area contributed by atoms with Crippen LogP contribution in [-0.2, 0) is 0 Å². The summed E-state index contributed by atoms with van der Waals surface area (Å²) in [6.07, 6.45) is 1.36. The van der Waals surface area contributed by atoms with Crippen molar-refractivity contribution < 1.29 is 5.21 Å². The van der Waals surface area contributed by atoms with Crippen molar-refractivity contribution in [3.8, 4) is 0 Å². The fourth-order valence-electron chi connectivity index (χ4n) is 0.650. The van der Waals surface area contributed by atoms with E-state index in [1.807, 2.05) is 0 Å². The maximum Gasteiger partial charge on any atom is 0.190 e. The van der Waals surface area contributed by atoms with Crippen molar-refractivity contribution in [3.05, 3.63) is 28.0 Å². The van der Waals surface area contributed by atoms with Crippen LogP contribution in [0.15, 0.2) is 17.4 Å². The third-order valence-corrected chi connectivity index (χ3v) is 1.65. The SMILES string of the molecule is N/C(=N\O)c1ncc(Cl)cc1Cl. The Morgan fingerprint density at radius 2 is 2.25 bits per heavy atom. The van der Waals surface area contributed by atoms with Gasteiger partial charge in [-0.05, 0) is 6.07 Å². The van der Waals surface area contributed by atoms with E-state index < -0.39 is 0 Å². The highest BCUT2D eigenvalue weighted by molar-refractivity contribution is 6.36. The molecule has 0 spiro atoms. The monoisotopic (exact) mass is 205 g/mol. The Balaban J connectivity index is 3.18. The van der Waals surface area contributed by atoms with E-state index in [2.05, 4.69) is 10.1 Å². The predicted octanol–water partition coefficient (Wildman–Crippen LogP) is 1.48. The minimum absolute atomic E-state index is 0.142. The summed E-state index contributed by atoms with van der Waals surface area (Å²) in [7, 11) is 0. The number of halogens is 2. The standard InChI is InChI=1S/C6H5Cl2N3O/c7-3-1-4(8)5(10-2-3)6(9)11-12/h1-2,12H,(H2,9,11). The topological polar surface area (TPSA) is 71.5 Å². The molecule has 0 aromatic carbocycles. The average molecular weight is 206 g/mol. The van der Waals surface area contributed by atoms with Gasteiger partial charge in [-0.3, -0.25) is 0 Å². The van der Waals surface area contributed by atoms with Crippen LogP contribution in [0.2, 0.25) is 10.0 Å². The van der Waals surface area contributed by atoms with E-state index >= 15 is 0 Å². The van der Waals surface area contributed by atoms with Gasteiger partial charge in [0.05, 0.1) is 10.0 Å². The van der Waals surface area contributed by atoms with Crippen molar-refractivity contribution in [1.29, 1.82) is 0 Å². The van der Waals surface area contributed by atoms with Crippen molar-refractivity contribution in [1.82, 2.24) is 4.98 Å². The van der Waals surface area contributed by atoms with Crippen LogP contribution in [0.4, 0.5) is 0 Å². The maximum absolute atomic E-state index is 8.31. The van der Waals surface area contributed by atoms with Gasteiger partial charge in [0.25, 0.3) is 0 Å². The Bertz CT molecular complexity index is 327. The molecule has 0 atom stereocenters. The van der Waals surface area contributed by atoms with Crippen LogP contribution in [0.5, 0.6) is 0 Å². The van der Waals surface area contributed by atoms with Gasteiger partial charge in [-0.1, -0.05) is 28.4 Å². The number of amidine groups is 1. The molecule has 1 aromatic rings. The molecule has 64 valence electrons. The molecule has 1 rings (SSSR count). The number of aromatic nitrogens is 1. The molecule has 1 aromatic heterocycles. The number of hydrogen-bond donors (Lipinski definition) is 2. The molecular formula is C6H5Cl2N3O. The maximum atomic E-state index is 8.31. The fraction of sp³-hybridized carbons (Fsp3) is 0. The highest BCUT2D eigenvalue weighted by atomic mass is 35.5. The van der Waals surface area contributed by atoms with Gasteiger partial charge in [0.15, 0.2) is 5.84 Å². The molecule has 6 heteroatoms. The zero-order valence-corrected chi connectivity index (χ0v) is 7.34. The van der Waals surface area contributed by atoms with E-state index in [1.165, 1.54) is 12.3 Å². The first-order valence-electron chi connectivity index (χ1n) is 2.94. The van der Waals surface area contributed by atoms with E-state index in [0.29, 0.717) is 5.02 Å². The molecule has 0 saturated carbocycles. The molecule has 0 aliphatic heterocycles. The van der Waals surface area contributed by atoms with E-state index in [-0.39, 0.29) is 16.6 Å². The lowest BCUT2D eigenvalue weighted by Gasteiger charge is -1.99. The number of oxime groups is 1. The summed E-state index contributed by atoms with van der Waals surface area (Å²) in [5.74, 6) is -0.142. The lowest BCUT2D eigenvalue weighted by molar-refractivity contribution is 0.318. The number of hydrogen-bond acceptors (Lipinski definition) is 3. The number of nitrogens with two attached hydrogens (primary N) is 1. The van der Waals surface area contributed by atoms with Gasteiger partial charge in [-0.15, -0.1) is 0 Å². The third kappa shape index (κ3) is 1.78. The van der Waals surface area contributed by atoms with Crippen LogP contribution >= 0.6 is 23.2 Å². The van der Waals surface area contributed by atoms with Gasteiger partial charge >= 0.3 is 0 Å². The van der Waals surface area contributed by atoms with Crippen molar-refractivity contribution in [3.63, 3.8) is 0 Å². The molecule has 0 aliphatic rings. The molecular weight excluding hydrogens is 201 g/mol. The molecule has 0 fully saturated rings. The summed E-state index contributed by atoms with van der Waals surface area (Å²) in [6, 6.07) is 1.46. The highest BCUT2D eigenvalue weighted by Crippen LogP contribution is 2.17. The van der Waals surface area contributed by atoms with Crippen molar-refractivity contribution in [2.75, 3.05) is 0 Å². The molecule has 0 saturated heterocycles. The Kier molecular flexibility index (Phi) is 2.73. The van der Waals surface area contributed by atoms with Crippen LogP contribution in [-0.4, -0.2) is 16.0 Å². The number of nitrogens with zero attached hydrogens (tertiary/aromatic N) is 2. The molecule has 12 heavy (non-hydrogen) atoms. The molecule has 0 aliphatic carbocycles. The van der Waals surface area contributed by atoms with Gasteiger partial charge < -0.3 is 10.9 Å². The first-order chi connectivity index (χ1) is 5.65. The van der Waals surface area contributed by atoms with E-state index in [9.17, 15) is 0 Å².